The van der Waals surface area contributed by atoms with Crippen LogP contribution in [0.15, 0.2) is 48.8 Å². The second kappa shape index (κ2) is 8.78. The highest BCUT2D eigenvalue weighted by atomic mass is 16.5. The molecule has 0 bridgehead atoms. The number of aromatic nitrogens is 1. The average Bonchev–Trinajstić information content (AvgIpc) is 2.58. The van der Waals surface area contributed by atoms with E-state index in [0.717, 1.165) is 11.3 Å². The van der Waals surface area contributed by atoms with Crippen LogP contribution in [0.5, 0.6) is 5.75 Å². The first-order chi connectivity index (χ1) is 11.2. The number of hydrogen-bond acceptors (Lipinski definition) is 3. The number of rotatable bonds is 7. The summed E-state index contributed by atoms with van der Waals surface area (Å²) >= 11 is 0. The molecular weight excluding hydrogens is 290 g/mol. The number of urea groups is 1. The van der Waals surface area contributed by atoms with Crippen molar-refractivity contribution in [2.75, 3.05) is 13.2 Å². The van der Waals surface area contributed by atoms with Gasteiger partial charge in [-0.1, -0.05) is 38.1 Å². The molecule has 0 aliphatic rings. The van der Waals surface area contributed by atoms with E-state index in [2.05, 4.69) is 35.5 Å². The summed E-state index contributed by atoms with van der Waals surface area (Å²) in [6.45, 7) is 5.60. The van der Waals surface area contributed by atoms with Crippen LogP contribution in [0, 0.1) is 0 Å². The van der Waals surface area contributed by atoms with Crippen LogP contribution < -0.4 is 15.4 Å². The number of nitrogens with zero attached hydrogens (tertiary/aromatic N) is 1. The molecule has 23 heavy (non-hydrogen) atoms. The number of nitrogens with one attached hydrogen (secondary N) is 2. The smallest absolute Gasteiger partial charge is 0.315 e. The molecule has 0 aliphatic heterocycles. The molecule has 2 N–H and O–H groups in total. The molecule has 0 saturated carbocycles. The molecule has 1 aromatic heterocycles. The first-order valence-electron chi connectivity index (χ1n) is 7.79. The molecule has 1 heterocycles. The standard InChI is InChI=1S/C18H23N3O2/c1-14(2)16-7-3-4-8-17(16)23-11-10-20-18(22)21-13-15-6-5-9-19-12-15/h3-9,12,14H,10-11,13H2,1-2H3,(H2,20,21,22). The largest absolute Gasteiger partial charge is 0.491 e. The van der Waals surface area contributed by atoms with Gasteiger partial charge in [0.05, 0.1) is 6.54 Å². The lowest BCUT2D eigenvalue weighted by molar-refractivity contribution is 0.236. The minimum Gasteiger partial charge on any atom is -0.491 e. The molecule has 0 unspecified atom stereocenters. The fourth-order valence-electron chi connectivity index (χ4n) is 2.16. The van der Waals surface area contributed by atoms with Gasteiger partial charge in [0.1, 0.15) is 12.4 Å². The summed E-state index contributed by atoms with van der Waals surface area (Å²) in [5.74, 6) is 1.28. The highest BCUT2D eigenvalue weighted by Gasteiger charge is 2.06. The van der Waals surface area contributed by atoms with Crippen molar-refractivity contribution in [3.8, 4) is 5.75 Å². The van der Waals surface area contributed by atoms with Gasteiger partial charge < -0.3 is 15.4 Å². The molecular formula is C18H23N3O2. The lowest BCUT2D eigenvalue weighted by atomic mass is 10.0. The van der Waals surface area contributed by atoms with E-state index in [1.54, 1.807) is 12.4 Å². The summed E-state index contributed by atoms with van der Waals surface area (Å²) in [5.41, 5.74) is 2.14. The zero-order valence-electron chi connectivity index (χ0n) is 13.6. The molecule has 2 aromatic rings. The van der Waals surface area contributed by atoms with Gasteiger partial charge in [-0.2, -0.15) is 0 Å². The number of carbonyl (C=O) groups is 1. The molecule has 0 fully saturated rings. The SMILES string of the molecule is CC(C)c1ccccc1OCCNC(=O)NCc1cccnc1. The Morgan fingerprint density at radius 3 is 2.74 bits per heavy atom. The van der Waals surface area contributed by atoms with E-state index < -0.39 is 0 Å². The summed E-state index contributed by atoms with van der Waals surface area (Å²) in [7, 11) is 0. The Morgan fingerprint density at radius 2 is 2.00 bits per heavy atom. The quantitative estimate of drug-likeness (QED) is 0.772. The summed E-state index contributed by atoms with van der Waals surface area (Å²) in [5, 5.41) is 5.56. The van der Waals surface area contributed by atoms with Crippen molar-refractivity contribution in [1.29, 1.82) is 0 Å². The van der Waals surface area contributed by atoms with E-state index in [1.165, 1.54) is 5.56 Å². The maximum Gasteiger partial charge on any atom is 0.315 e. The molecule has 5 heteroatoms. The second-order valence-electron chi connectivity index (χ2n) is 5.51. The number of hydrogen-bond donors (Lipinski definition) is 2. The maximum absolute atomic E-state index is 11.7. The predicted molar refractivity (Wildman–Crippen MR) is 90.5 cm³/mol. The number of pyridine rings is 1. The minimum absolute atomic E-state index is 0.213. The van der Waals surface area contributed by atoms with E-state index in [9.17, 15) is 4.79 Å². The Morgan fingerprint density at radius 1 is 1.17 bits per heavy atom. The van der Waals surface area contributed by atoms with E-state index in [-0.39, 0.29) is 6.03 Å². The van der Waals surface area contributed by atoms with Crippen molar-refractivity contribution in [2.45, 2.75) is 26.3 Å². The molecule has 0 atom stereocenters. The lowest BCUT2D eigenvalue weighted by Gasteiger charge is -2.14. The molecule has 2 rings (SSSR count). The van der Waals surface area contributed by atoms with Crippen molar-refractivity contribution in [2.24, 2.45) is 0 Å². The van der Waals surface area contributed by atoms with Crippen LogP contribution in [-0.2, 0) is 6.54 Å². The molecule has 5 nitrogen and oxygen atoms in total. The molecule has 0 spiro atoms. The van der Waals surface area contributed by atoms with Crippen molar-refractivity contribution in [1.82, 2.24) is 15.6 Å². The van der Waals surface area contributed by atoms with Crippen LogP contribution in [0.1, 0.15) is 30.9 Å². The number of amides is 2. The fraction of sp³-hybridized carbons (Fsp3) is 0.333. The zero-order chi connectivity index (χ0) is 16.5. The van der Waals surface area contributed by atoms with Crippen LogP contribution in [0.2, 0.25) is 0 Å². The van der Waals surface area contributed by atoms with Gasteiger partial charge in [0.2, 0.25) is 0 Å². The highest BCUT2D eigenvalue weighted by Crippen LogP contribution is 2.25. The van der Waals surface area contributed by atoms with Crippen molar-refractivity contribution in [3.63, 3.8) is 0 Å². The Labute approximate surface area is 137 Å². The van der Waals surface area contributed by atoms with E-state index >= 15 is 0 Å². The van der Waals surface area contributed by atoms with Crippen molar-refractivity contribution < 1.29 is 9.53 Å². The Kier molecular flexibility index (Phi) is 6.41. The van der Waals surface area contributed by atoms with Crippen LogP contribution >= 0.6 is 0 Å². The summed E-state index contributed by atoms with van der Waals surface area (Å²) in [6, 6.07) is 11.5. The molecule has 0 saturated heterocycles. The number of para-hydroxylation sites is 1. The van der Waals surface area contributed by atoms with Crippen LogP contribution in [-0.4, -0.2) is 24.2 Å². The van der Waals surface area contributed by atoms with Crippen LogP contribution in [0.3, 0.4) is 0 Å². The topological polar surface area (TPSA) is 63.2 Å². The second-order valence-corrected chi connectivity index (χ2v) is 5.51. The van der Waals surface area contributed by atoms with Gasteiger partial charge in [0.15, 0.2) is 0 Å². The highest BCUT2D eigenvalue weighted by molar-refractivity contribution is 5.73. The van der Waals surface area contributed by atoms with Crippen LogP contribution in [0.4, 0.5) is 4.79 Å². The maximum atomic E-state index is 11.7. The van der Waals surface area contributed by atoms with Gasteiger partial charge >= 0.3 is 6.03 Å². The molecule has 122 valence electrons. The Balaban J connectivity index is 1.68. The van der Waals surface area contributed by atoms with Crippen molar-refractivity contribution >= 4 is 6.03 Å². The van der Waals surface area contributed by atoms with Gasteiger partial charge in [-0.3, -0.25) is 4.98 Å². The summed E-state index contributed by atoms with van der Waals surface area (Å²) in [6.07, 6.45) is 3.43. The molecule has 1 aromatic carbocycles. The first-order valence-corrected chi connectivity index (χ1v) is 7.79. The van der Waals surface area contributed by atoms with Crippen LogP contribution in [0.25, 0.3) is 0 Å². The fourth-order valence-corrected chi connectivity index (χ4v) is 2.16. The van der Waals surface area contributed by atoms with Gasteiger partial charge in [0.25, 0.3) is 0 Å². The Bertz CT molecular complexity index is 615. The monoisotopic (exact) mass is 313 g/mol. The third-order valence-corrected chi connectivity index (χ3v) is 3.36. The normalized spacial score (nSPS) is 10.4. The van der Waals surface area contributed by atoms with E-state index in [4.69, 9.17) is 4.74 Å². The molecule has 0 aliphatic carbocycles. The van der Waals surface area contributed by atoms with Gasteiger partial charge in [-0.25, -0.2) is 4.79 Å². The molecule has 0 radical (unpaired) electrons. The minimum atomic E-state index is -0.213. The van der Waals surface area contributed by atoms with Gasteiger partial charge in [-0.05, 0) is 29.2 Å². The lowest BCUT2D eigenvalue weighted by Crippen LogP contribution is -2.37. The third-order valence-electron chi connectivity index (χ3n) is 3.36. The van der Waals surface area contributed by atoms with Crippen molar-refractivity contribution in [3.05, 3.63) is 59.9 Å². The first kappa shape index (κ1) is 16.8. The Hall–Kier alpha value is -2.56. The average molecular weight is 313 g/mol. The van der Waals surface area contributed by atoms with Gasteiger partial charge in [-0.15, -0.1) is 0 Å². The van der Waals surface area contributed by atoms with Gasteiger partial charge in [0, 0.05) is 18.9 Å². The number of carbonyl (C=O) groups excluding carboxylic acids is 1. The molecule has 2 amide bonds. The summed E-state index contributed by atoms with van der Waals surface area (Å²) < 4.78 is 5.76. The number of benzene rings is 1. The van der Waals surface area contributed by atoms with E-state index in [1.807, 2.05) is 30.3 Å². The summed E-state index contributed by atoms with van der Waals surface area (Å²) in [4.78, 5) is 15.7. The third kappa shape index (κ3) is 5.62. The zero-order valence-corrected chi connectivity index (χ0v) is 13.6. The number of ether oxygens (including phenoxy) is 1. The van der Waals surface area contributed by atoms with E-state index in [0.29, 0.717) is 25.6 Å². The predicted octanol–water partition coefficient (Wildman–Crippen LogP) is 3.08.